The number of nitrogens with one attached hydrogen (secondary N) is 1. The summed E-state index contributed by atoms with van der Waals surface area (Å²) in [7, 11) is 0. The number of hydrogen-bond acceptors (Lipinski definition) is 2. The molecule has 1 aromatic carbocycles. The highest BCUT2D eigenvalue weighted by molar-refractivity contribution is 6.33. The Balaban J connectivity index is 1.83. The molecule has 1 aliphatic heterocycles. The van der Waals surface area contributed by atoms with Gasteiger partial charge in [0.1, 0.15) is 0 Å². The third-order valence-corrected chi connectivity index (χ3v) is 4.14. The second-order valence-electron chi connectivity index (χ2n) is 5.42. The van der Waals surface area contributed by atoms with Gasteiger partial charge in [0, 0.05) is 19.6 Å². The number of alkyl halides is 3. The van der Waals surface area contributed by atoms with Gasteiger partial charge in [0.05, 0.1) is 10.6 Å². The molecule has 2 rings (SSSR count). The molecule has 1 N–H and O–H groups in total. The summed E-state index contributed by atoms with van der Waals surface area (Å²) in [5.74, 6) is -2.18. The number of piperidine rings is 1. The fraction of sp³-hybridized carbons (Fsp3) is 0.467. The van der Waals surface area contributed by atoms with E-state index in [0.717, 1.165) is 0 Å². The second kappa shape index (κ2) is 7.21. The molecular formula is C15H16ClF3N2O2. The summed E-state index contributed by atoms with van der Waals surface area (Å²) >= 11 is 5.99. The first-order valence-corrected chi connectivity index (χ1v) is 7.55. The lowest BCUT2D eigenvalue weighted by Crippen LogP contribution is -2.44. The van der Waals surface area contributed by atoms with E-state index in [1.807, 2.05) is 5.32 Å². The molecule has 0 bridgehead atoms. The summed E-state index contributed by atoms with van der Waals surface area (Å²) < 4.78 is 36.4. The molecule has 0 unspecified atom stereocenters. The smallest absolute Gasteiger partial charge is 0.348 e. The van der Waals surface area contributed by atoms with Gasteiger partial charge < -0.3 is 10.2 Å². The average molecular weight is 349 g/mol. The fourth-order valence-electron chi connectivity index (χ4n) is 2.48. The molecule has 23 heavy (non-hydrogen) atoms. The van der Waals surface area contributed by atoms with E-state index in [1.54, 1.807) is 29.2 Å². The van der Waals surface area contributed by atoms with Crippen molar-refractivity contribution in [1.82, 2.24) is 10.2 Å². The molecule has 126 valence electrons. The zero-order valence-electron chi connectivity index (χ0n) is 12.2. The first-order valence-electron chi connectivity index (χ1n) is 7.18. The Kier molecular flexibility index (Phi) is 5.51. The molecule has 1 aromatic rings. The quantitative estimate of drug-likeness (QED) is 0.913. The van der Waals surface area contributed by atoms with Gasteiger partial charge in [-0.2, -0.15) is 13.2 Å². The van der Waals surface area contributed by atoms with Crippen LogP contribution in [0.2, 0.25) is 5.02 Å². The van der Waals surface area contributed by atoms with Crippen LogP contribution < -0.4 is 5.32 Å². The van der Waals surface area contributed by atoms with Crippen molar-refractivity contribution < 1.29 is 22.8 Å². The van der Waals surface area contributed by atoms with Gasteiger partial charge in [-0.1, -0.05) is 23.7 Å². The molecular weight excluding hydrogens is 333 g/mol. The first kappa shape index (κ1) is 17.6. The Morgan fingerprint density at radius 3 is 2.39 bits per heavy atom. The zero-order chi connectivity index (χ0) is 17.0. The largest absolute Gasteiger partial charge is 0.471 e. The minimum Gasteiger partial charge on any atom is -0.348 e. The topological polar surface area (TPSA) is 49.4 Å². The Labute approximate surface area is 136 Å². The number of nitrogens with zero attached hydrogens (tertiary/aromatic N) is 1. The highest BCUT2D eigenvalue weighted by atomic mass is 35.5. The van der Waals surface area contributed by atoms with Gasteiger partial charge in [0.2, 0.25) is 0 Å². The minimum absolute atomic E-state index is 0.0353. The predicted molar refractivity (Wildman–Crippen MR) is 79.1 cm³/mol. The highest BCUT2D eigenvalue weighted by Gasteiger charge is 2.38. The number of likely N-dealkylation sites (tertiary alicyclic amines) is 1. The van der Waals surface area contributed by atoms with Gasteiger partial charge in [-0.3, -0.25) is 9.59 Å². The molecule has 1 saturated heterocycles. The van der Waals surface area contributed by atoms with Crippen molar-refractivity contribution in [3.63, 3.8) is 0 Å². The maximum Gasteiger partial charge on any atom is 0.471 e. The molecule has 0 aliphatic carbocycles. The molecule has 0 aromatic heterocycles. The third-order valence-electron chi connectivity index (χ3n) is 3.81. The first-order chi connectivity index (χ1) is 10.8. The Morgan fingerprint density at radius 2 is 1.83 bits per heavy atom. The number of hydrogen-bond donors (Lipinski definition) is 1. The normalized spacial score (nSPS) is 16.3. The Morgan fingerprint density at radius 1 is 1.22 bits per heavy atom. The molecule has 1 fully saturated rings. The van der Waals surface area contributed by atoms with Crippen molar-refractivity contribution in [1.29, 1.82) is 0 Å². The number of halogens is 4. The summed E-state index contributed by atoms with van der Waals surface area (Å²) in [6.45, 7) is 0.819. The van der Waals surface area contributed by atoms with E-state index in [9.17, 15) is 22.8 Å². The van der Waals surface area contributed by atoms with Crippen LogP contribution in [0.25, 0.3) is 0 Å². The van der Waals surface area contributed by atoms with Crippen LogP contribution in [-0.4, -0.2) is 42.5 Å². The van der Waals surface area contributed by atoms with Crippen LogP contribution in [0, 0.1) is 5.92 Å². The number of carbonyl (C=O) groups is 2. The van der Waals surface area contributed by atoms with Gasteiger partial charge in [-0.15, -0.1) is 0 Å². The number of rotatable bonds is 3. The maximum absolute atomic E-state index is 12.3. The van der Waals surface area contributed by atoms with Gasteiger partial charge in [-0.25, -0.2) is 0 Å². The molecule has 4 nitrogen and oxygen atoms in total. The second-order valence-corrected chi connectivity index (χ2v) is 5.83. The number of benzene rings is 1. The van der Waals surface area contributed by atoms with Crippen molar-refractivity contribution in [3.8, 4) is 0 Å². The standard InChI is InChI=1S/C15H16ClF3N2O2/c16-12-4-2-1-3-11(12)13(22)21-7-5-10(6-8-21)9-20-14(23)15(17,18)19/h1-4,10H,5-9H2,(H,20,23). The van der Waals surface area contributed by atoms with E-state index < -0.39 is 12.1 Å². The number of carbonyl (C=O) groups excluding carboxylic acids is 2. The van der Waals surface area contributed by atoms with Gasteiger partial charge in [0.15, 0.2) is 0 Å². The SMILES string of the molecule is O=C(c1ccccc1Cl)N1CCC(CNC(=O)C(F)(F)F)CC1. The van der Waals surface area contributed by atoms with Gasteiger partial charge in [0.25, 0.3) is 5.91 Å². The van der Waals surface area contributed by atoms with Crippen LogP contribution in [0.5, 0.6) is 0 Å². The summed E-state index contributed by atoms with van der Waals surface area (Å²) in [6, 6.07) is 6.72. The Bertz CT molecular complexity index is 584. The molecule has 2 amide bonds. The number of amides is 2. The average Bonchev–Trinajstić information content (AvgIpc) is 2.52. The van der Waals surface area contributed by atoms with Crippen molar-refractivity contribution >= 4 is 23.4 Å². The molecule has 0 atom stereocenters. The molecule has 1 aliphatic rings. The van der Waals surface area contributed by atoms with Crippen LogP contribution in [0.1, 0.15) is 23.2 Å². The van der Waals surface area contributed by atoms with E-state index in [1.165, 1.54) is 0 Å². The molecule has 0 spiro atoms. The summed E-state index contributed by atoms with van der Waals surface area (Å²) in [6.07, 6.45) is -3.79. The molecule has 0 saturated carbocycles. The summed E-state index contributed by atoms with van der Waals surface area (Å²) in [4.78, 5) is 24.8. The van der Waals surface area contributed by atoms with E-state index in [2.05, 4.69) is 0 Å². The van der Waals surface area contributed by atoms with Crippen molar-refractivity contribution in [3.05, 3.63) is 34.9 Å². The lowest BCUT2D eigenvalue weighted by Gasteiger charge is -2.32. The van der Waals surface area contributed by atoms with Crippen LogP contribution >= 0.6 is 11.6 Å². The molecule has 0 radical (unpaired) electrons. The van der Waals surface area contributed by atoms with E-state index in [-0.39, 0.29) is 18.4 Å². The van der Waals surface area contributed by atoms with Crippen molar-refractivity contribution in [2.75, 3.05) is 19.6 Å². The van der Waals surface area contributed by atoms with E-state index in [4.69, 9.17) is 11.6 Å². The van der Waals surface area contributed by atoms with Crippen LogP contribution in [0.3, 0.4) is 0 Å². The minimum atomic E-state index is -4.86. The third kappa shape index (κ3) is 4.60. The fourth-order valence-corrected chi connectivity index (χ4v) is 2.70. The Hall–Kier alpha value is -1.76. The molecule has 1 heterocycles. The van der Waals surface area contributed by atoms with Crippen LogP contribution in [0.4, 0.5) is 13.2 Å². The van der Waals surface area contributed by atoms with Gasteiger partial charge in [-0.05, 0) is 30.9 Å². The lowest BCUT2D eigenvalue weighted by molar-refractivity contribution is -0.173. The van der Waals surface area contributed by atoms with E-state index in [0.29, 0.717) is 36.5 Å². The lowest BCUT2D eigenvalue weighted by atomic mass is 9.96. The summed E-state index contributed by atoms with van der Waals surface area (Å²) in [5.41, 5.74) is 0.415. The van der Waals surface area contributed by atoms with Crippen molar-refractivity contribution in [2.24, 2.45) is 5.92 Å². The highest BCUT2D eigenvalue weighted by Crippen LogP contribution is 2.22. The van der Waals surface area contributed by atoms with Crippen LogP contribution in [0.15, 0.2) is 24.3 Å². The molecule has 8 heteroatoms. The summed E-state index contributed by atoms with van der Waals surface area (Å²) in [5, 5.41) is 2.26. The van der Waals surface area contributed by atoms with Crippen LogP contribution in [-0.2, 0) is 4.79 Å². The van der Waals surface area contributed by atoms with E-state index >= 15 is 0 Å². The predicted octanol–water partition coefficient (Wildman–Crippen LogP) is 2.87. The monoisotopic (exact) mass is 348 g/mol. The van der Waals surface area contributed by atoms with Crippen molar-refractivity contribution in [2.45, 2.75) is 19.0 Å². The maximum atomic E-state index is 12.3. The zero-order valence-corrected chi connectivity index (χ0v) is 13.0. The van der Waals surface area contributed by atoms with Gasteiger partial charge >= 0.3 is 12.1 Å².